The molecule has 2 fully saturated rings. The van der Waals surface area contributed by atoms with Gasteiger partial charge in [0.2, 0.25) is 0 Å². The first-order valence-corrected chi connectivity index (χ1v) is 4.41. The fourth-order valence-corrected chi connectivity index (χ4v) is 2.66. The van der Waals surface area contributed by atoms with Gasteiger partial charge in [-0.15, -0.1) is 0 Å². The zero-order valence-electron chi connectivity index (χ0n) is 7.26. The van der Waals surface area contributed by atoms with Gasteiger partial charge in [-0.2, -0.15) is 0 Å². The van der Waals surface area contributed by atoms with Crippen LogP contribution in [-0.4, -0.2) is 30.7 Å². The van der Waals surface area contributed by atoms with Gasteiger partial charge in [0, 0.05) is 5.50 Å². The first-order chi connectivity index (χ1) is 5.10. The van der Waals surface area contributed by atoms with Crippen LogP contribution in [0.1, 0.15) is 26.2 Å². The lowest BCUT2D eigenvalue weighted by atomic mass is 9.67. The van der Waals surface area contributed by atoms with E-state index in [-0.39, 0.29) is 17.7 Å². The Morgan fingerprint density at radius 3 is 2.64 bits per heavy atom. The minimum absolute atomic E-state index is 0.0855. The summed E-state index contributed by atoms with van der Waals surface area (Å²) in [6, 6.07) is 0. The Kier molecular flexibility index (Phi) is 1.40. The lowest BCUT2D eigenvalue weighted by Crippen LogP contribution is -2.36. The summed E-state index contributed by atoms with van der Waals surface area (Å²) < 4.78 is 5.86. The highest BCUT2D eigenvalue weighted by molar-refractivity contribution is 6.15. The highest BCUT2D eigenvalue weighted by atomic mass is 16.5. The van der Waals surface area contributed by atoms with Gasteiger partial charge in [-0.25, -0.2) is 0 Å². The summed E-state index contributed by atoms with van der Waals surface area (Å²) in [7, 11) is 2.16. The second kappa shape index (κ2) is 2.02. The molecule has 2 nitrogen and oxygen atoms in total. The van der Waals surface area contributed by atoms with Crippen LogP contribution in [0.4, 0.5) is 0 Å². The lowest BCUT2D eigenvalue weighted by Gasteiger charge is -2.27. The van der Waals surface area contributed by atoms with Gasteiger partial charge in [0.25, 0.3) is 0 Å². The summed E-state index contributed by atoms with van der Waals surface area (Å²) in [6.45, 7) is 2.38. The summed E-state index contributed by atoms with van der Waals surface area (Å²) in [5.41, 5.74) is -0.0864. The van der Waals surface area contributed by atoms with Crippen molar-refractivity contribution < 1.29 is 9.84 Å². The zero-order valence-corrected chi connectivity index (χ0v) is 7.26. The molecule has 2 saturated heterocycles. The second-order valence-electron chi connectivity index (χ2n) is 4.38. The molecule has 2 heterocycles. The van der Waals surface area contributed by atoms with E-state index in [1.54, 1.807) is 0 Å². The van der Waals surface area contributed by atoms with Gasteiger partial charge in [0.1, 0.15) is 7.85 Å². The number of rotatable bonds is 1. The molecule has 3 atom stereocenters. The van der Waals surface area contributed by atoms with E-state index in [9.17, 15) is 5.11 Å². The van der Waals surface area contributed by atoms with Gasteiger partial charge in [-0.3, -0.25) is 0 Å². The van der Waals surface area contributed by atoms with Crippen LogP contribution >= 0.6 is 0 Å². The van der Waals surface area contributed by atoms with Crippen LogP contribution in [0.3, 0.4) is 0 Å². The van der Waals surface area contributed by atoms with E-state index in [4.69, 9.17) is 4.74 Å². The van der Waals surface area contributed by atoms with Gasteiger partial charge in [0.15, 0.2) is 0 Å². The van der Waals surface area contributed by atoms with E-state index in [1.807, 2.05) is 0 Å². The van der Waals surface area contributed by atoms with Crippen molar-refractivity contribution in [3.05, 3.63) is 0 Å². The van der Waals surface area contributed by atoms with Gasteiger partial charge < -0.3 is 9.84 Å². The SMILES string of the molecule is BC12CCC(CO)(O1)C(C)C2. The zero-order chi connectivity index (χ0) is 8.11. The second-order valence-corrected chi connectivity index (χ2v) is 4.38. The Labute approximate surface area is 68.3 Å². The minimum atomic E-state index is -0.172. The van der Waals surface area contributed by atoms with Crippen LogP contribution in [0.5, 0.6) is 0 Å². The molecule has 2 rings (SSSR count). The number of aliphatic hydroxyl groups is 1. The van der Waals surface area contributed by atoms with Crippen LogP contribution in [0.25, 0.3) is 0 Å². The molecule has 2 aliphatic heterocycles. The van der Waals surface area contributed by atoms with Crippen LogP contribution < -0.4 is 0 Å². The van der Waals surface area contributed by atoms with Crippen LogP contribution in [0, 0.1) is 5.92 Å². The maximum absolute atomic E-state index is 9.20. The summed E-state index contributed by atoms with van der Waals surface area (Å²) in [4.78, 5) is 0. The quantitative estimate of drug-likeness (QED) is 0.534. The van der Waals surface area contributed by atoms with E-state index in [0.29, 0.717) is 5.92 Å². The Morgan fingerprint density at radius 1 is 1.64 bits per heavy atom. The fourth-order valence-electron chi connectivity index (χ4n) is 2.66. The number of fused-ring (bicyclic) bond motifs is 2. The molecule has 11 heavy (non-hydrogen) atoms. The smallest absolute Gasteiger partial charge is 0.143 e. The molecule has 1 N–H and O–H groups in total. The standard InChI is InChI=1S/C8H15BO2/c1-6-4-8(9)3-2-7(6,5-10)11-8/h6,10H,2-5,9H2,1H3. The normalized spacial score (nSPS) is 55.3. The minimum Gasteiger partial charge on any atom is -0.393 e. The van der Waals surface area contributed by atoms with E-state index < -0.39 is 0 Å². The largest absolute Gasteiger partial charge is 0.393 e. The molecular formula is C8H15BO2. The van der Waals surface area contributed by atoms with Crippen molar-refractivity contribution in [1.29, 1.82) is 0 Å². The molecule has 62 valence electrons. The van der Waals surface area contributed by atoms with E-state index >= 15 is 0 Å². The van der Waals surface area contributed by atoms with Gasteiger partial charge in [-0.05, 0) is 25.2 Å². The third kappa shape index (κ3) is 0.874. The van der Waals surface area contributed by atoms with Gasteiger partial charge >= 0.3 is 0 Å². The molecule has 0 aromatic heterocycles. The molecule has 0 aromatic rings. The first-order valence-electron chi connectivity index (χ1n) is 4.41. The molecule has 0 radical (unpaired) electrons. The average Bonchev–Trinajstić information content (AvgIpc) is 2.39. The molecule has 2 aliphatic rings. The van der Waals surface area contributed by atoms with Crippen molar-refractivity contribution >= 4 is 7.85 Å². The average molecular weight is 154 g/mol. The lowest BCUT2D eigenvalue weighted by molar-refractivity contribution is -0.0569. The van der Waals surface area contributed by atoms with Gasteiger partial charge in [-0.1, -0.05) is 6.92 Å². The Bertz CT molecular complexity index is 185. The van der Waals surface area contributed by atoms with Crippen molar-refractivity contribution in [2.24, 2.45) is 5.92 Å². The topological polar surface area (TPSA) is 29.5 Å². The molecule has 3 heteroatoms. The number of aliphatic hydroxyl groups excluding tert-OH is 1. The third-order valence-corrected chi connectivity index (χ3v) is 3.43. The predicted octanol–water partition coefficient (Wildman–Crippen LogP) is -0.103. The summed E-state index contributed by atoms with van der Waals surface area (Å²) in [5, 5.41) is 9.20. The molecular weight excluding hydrogens is 139 g/mol. The monoisotopic (exact) mass is 154 g/mol. The van der Waals surface area contributed by atoms with Crippen LogP contribution in [0.15, 0.2) is 0 Å². The molecule has 3 unspecified atom stereocenters. The molecule has 0 spiro atoms. The van der Waals surface area contributed by atoms with Crippen molar-refractivity contribution in [3.8, 4) is 0 Å². The Balaban J connectivity index is 2.25. The van der Waals surface area contributed by atoms with Crippen molar-refractivity contribution in [3.63, 3.8) is 0 Å². The van der Waals surface area contributed by atoms with Crippen LogP contribution in [0.2, 0.25) is 0 Å². The highest BCUT2D eigenvalue weighted by Crippen LogP contribution is 2.52. The van der Waals surface area contributed by atoms with E-state index in [2.05, 4.69) is 14.8 Å². The molecule has 2 bridgehead atoms. The molecule has 0 saturated carbocycles. The summed E-state index contributed by atoms with van der Waals surface area (Å²) >= 11 is 0. The molecule has 0 amide bonds. The number of hydrogen-bond donors (Lipinski definition) is 1. The van der Waals surface area contributed by atoms with Crippen molar-refractivity contribution in [1.82, 2.24) is 0 Å². The number of ether oxygens (including phenoxy) is 1. The maximum atomic E-state index is 9.20. The van der Waals surface area contributed by atoms with E-state index in [1.165, 1.54) is 0 Å². The summed E-state index contributed by atoms with van der Waals surface area (Å²) in [6.07, 6.45) is 3.28. The number of hydrogen-bond acceptors (Lipinski definition) is 2. The molecule has 0 aromatic carbocycles. The molecule has 0 aliphatic carbocycles. The Morgan fingerprint density at radius 2 is 2.36 bits per heavy atom. The summed E-state index contributed by atoms with van der Waals surface area (Å²) in [5.74, 6) is 0.534. The maximum Gasteiger partial charge on any atom is 0.143 e. The highest BCUT2D eigenvalue weighted by Gasteiger charge is 2.56. The Hall–Kier alpha value is -0.0151. The van der Waals surface area contributed by atoms with Gasteiger partial charge in [0.05, 0.1) is 12.2 Å². The van der Waals surface area contributed by atoms with Crippen molar-refractivity contribution in [2.45, 2.75) is 37.3 Å². The fraction of sp³-hybridized carbons (Fsp3) is 1.00. The van der Waals surface area contributed by atoms with Crippen molar-refractivity contribution in [2.75, 3.05) is 6.61 Å². The van der Waals surface area contributed by atoms with Crippen LogP contribution in [-0.2, 0) is 4.74 Å². The third-order valence-electron chi connectivity index (χ3n) is 3.43. The van der Waals surface area contributed by atoms with E-state index in [0.717, 1.165) is 19.3 Å². The first kappa shape index (κ1) is 7.62. The predicted molar refractivity (Wildman–Crippen MR) is 45.2 cm³/mol.